The summed E-state index contributed by atoms with van der Waals surface area (Å²) >= 11 is 0. The Kier molecular flexibility index (Phi) is 2.92. The van der Waals surface area contributed by atoms with Crippen molar-refractivity contribution in [1.82, 2.24) is 0 Å². The molecule has 0 amide bonds. The lowest BCUT2D eigenvalue weighted by Crippen LogP contribution is -1.87. The molecule has 0 atom stereocenters. The van der Waals surface area contributed by atoms with E-state index in [0.29, 0.717) is 0 Å². The van der Waals surface area contributed by atoms with Crippen LogP contribution >= 0.6 is 0 Å². The van der Waals surface area contributed by atoms with Gasteiger partial charge >= 0.3 is 0 Å². The molecule has 0 aliphatic carbocycles. The van der Waals surface area contributed by atoms with Gasteiger partial charge in [-0.1, -0.05) is 18.2 Å². The highest BCUT2D eigenvalue weighted by atomic mass is 14.8. The highest BCUT2D eigenvalue weighted by Gasteiger charge is 1.93. The predicted octanol–water partition coefficient (Wildman–Crippen LogP) is 3.15. The monoisotopic (exact) mass is 161 g/mol. The molecular weight excluding hydrogens is 146 g/mol. The van der Waals surface area contributed by atoms with Crippen LogP contribution in [0, 0.1) is 0 Å². The molecule has 0 bridgehead atoms. The molecule has 0 aliphatic heterocycles. The molecule has 0 aromatic heterocycles. The summed E-state index contributed by atoms with van der Waals surface area (Å²) in [4.78, 5) is 0. The van der Waals surface area contributed by atoms with Crippen molar-refractivity contribution in [1.29, 1.82) is 0 Å². The van der Waals surface area contributed by atoms with Gasteiger partial charge in [0.05, 0.1) is 0 Å². The zero-order chi connectivity index (χ0) is 8.97. The Morgan fingerprint density at radius 3 is 2.25 bits per heavy atom. The van der Waals surface area contributed by atoms with Gasteiger partial charge in [0.1, 0.15) is 0 Å². The number of nitrogens with one attached hydrogen (secondary N) is 1. The minimum absolute atomic E-state index is 1.16. The number of hydrogen-bond donors (Lipinski definition) is 1. The second-order valence-electron chi connectivity index (χ2n) is 2.80. The number of rotatable bonds is 2. The highest BCUT2D eigenvalue weighted by molar-refractivity contribution is 5.65. The maximum Gasteiger partial charge on any atom is 0.0337 e. The van der Waals surface area contributed by atoms with Crippen LogP contribution in [0.1, 0.15) is 19.4 Å². The van der Waals surface area contributed by atoms with Gasteiger partial charge in [0.2, 0.25) is 0 Å². The van der Waals surface area contributed by atoms with Gasteiger partial charge in [0.25, 0.3) is 0 Å². The second kappa shape index (κ2) is 3.96. The normalized spacial score (nSPS) is 11.4. The van der Waals surface area contributed by atoms with Crippen LogP contribution in [0.25, 0.3) is 5.57 Å². The van der Waals surface area contributed by atoms with E-state index in [9.17, 15) is 0 Å². The first-order valence-electron chi connectivity index (χ1n) is 4.19. The first-order valence-corrected chi connectivity index (χ1v) is 4.19. The lowest BCUT2D eigenvalue weighted by atomic mass is 10.1. The minimum atomic E-state index is 1.16. The number of hydrogen-bond acceptors (Lipinski definition) is 1. The molecule has 1 N–H and O–H groups in total. The molecule has 1 aromatic carbocycles. The summed E-state index contributed by atoms with van der Waals surface area (Å²) in [5, 5.41) is 3.09. The average Bonchev–Trinajstić information content (AvgIpc) is 2.17. The van der Waals surface area contributed by atoms with E-state index in [2.05, 4.69) is 49.5 Å². The summed E-state index contributed by atoms with van der Waals surface area (Å²) in [6.45, 7) is 4.18. The smallest absolute Gasteiger partial charge is 0.0337 e. The van der Waals surface area contributed by atoms with E-state index in [1.807, 2.05) is 7.05 Å². The first kappa shape index (κ1) is 8.85. The zero-order valence-corrected chi connectivity index (χ0v) is 7.89. The lowest BCUT2D eigenvalue weighted by molar-refractivity contribution is 1.48. The predicted molar refractivity (Wildman–Crippen MR) is 55.3 cm³/mol. The Hall–Kier alpha value is -1.24. The molecule has 0 spiro atoms. The van der Waals surface area contributed by atoms with Crippen LogP contribution in [-0.2, 0) is 0 Å². The van der Waals surface area contributed by atoms with Crippen molar-refractivity contribution in [3.63, 3.8) is 0 Å². The molecule has 1 aromatic rings. The van der Waals surface area contributed by atoms with Crippen molar-refractivity contribution in [2.75, 3.05) is 12.4 Å². The Bertz CT molecular complexity index is 270. The summed E-state index contributed by atoms with van der Waals surface area (Å²) in [5.74, 6) is 0. The standard InChI is InChI=1S/C11H15N/c1-4-9(2)10-5-7-11(12-3)8-6-10/h4-8,12H,1-3H3/b9-4+. The van der Waals surface area contributed by atoms with E-state index in [4.69, 9.17) is 0 Å². The summed E-state index contributed by atoms with van der Waals surface area (Å²) in [5.41, 5.74) is 3.76. The van der Waals surface area contributed by atoms with Crippen LogP contribution < -0.4 is 5.32 Å². The highest BCUT2D eigenvalue weighted by Crippen LogP contribution is 2.15. The van der Waals surface area contributed by atoms with Crippen LogP contribution in [0.2, 0.25) is 0 Å². The van der Waals surface area contributed by atoms with Gasteiger partial charge in [-0.25, -0.2) is 0 Å². The molecule has 0 heterocycles. The Morgan fingerprint density at radius 1 is 1.25 bits per heavy atom. The number of benzene rings is 1. The SMILES string of the molecule is C/C=C(\C)c1ccc(NC)cc1. The Labute approximate surface area is 74.1 Å². The van der Waals surface area contributed by atoms with Crippen molar-refractivity contribution in [3.05, 3.63) is 35.9 Å². The number of anilines is 1. The minimum Gasteiger partial charge on any atom is -0.388 e. The second-order valence-corrected chi connectivity index (χ2v) is 2.80. The molecule has 1 nitrogen and oxygen atoms in total. The fourth-order valence-electron chi connectivity index (χ4n) is 1.07. The third-order valence-corrected chi connectivity index (χ3v) is 2.06. The van der Waals surface area contributed by atoms with Crippen molar-refractivity contribution < 1.29 is 0 Å². The van der Waals surface area contributed by atoms with Crippen LogP contribution in [0.4, 0.5) is 5.69 Å². The molecule has 0 fully saturated rings. The summed E-state index contributed by atoms with van der Waals surface area (Å²) in [7, 11) is 1.93. The van der Waals surface area contributed by atoms with E-state index < -0.39 is 0 Å². The van der Waals surface area contributed by atoms with Crippen LogP contribution in [-0.4, -0.2) is 7.05 Å². The maximum atomic E-state index is 3.09. The van der Waals surface area contributed by atoms with E-state index in [1.54, 1.807) is 0 Å². The maximum absolute atomic E-state index is 3.09. The lowest BCUT2D eigenvalue weighted by Gasteiger charge is -2.02. The van der Waals surface area contributed by atoms with Gasteiger partial charge in [-0.3, -0.25) is 0 Å². The summed E-state index contributed by atoms with van der Waals surface area (Å²) < 4.78 is 0. The summed E-state index contributed by atoms with van der Waals surface area (Å²) in [6, 6.07) is 8.42. The fraction of sp³-hybridized carbons (Fsp3) is 0.273. The van der Waals surface area contributed by atoms with E-state index in [1.165, 1.54) is 11.1 Å². The van der Waals surface area contributed by atoms with Gasteiger partial charge < -0.3 is 5.32 Å². The Morgan fingerprint density at radius 2 is 1.83 bits per heavy atom. The Balaban J connectivity index is 2.92. The quantitative estimate of drug-likeness (QED) is 0.702. The molecule has 64 valence electrons. The van der Waals surface area contributed by atoms with Crippen molar-refractivity contribution in [2.24, 2.45) is 0 Å². The summed E-state index contributed by atoms with van der Waals surface area (Å²) in [6.07, 6.45) is 2.12. The molecule has 0 saturated carbocycles. The van der Waals surface area contributed by atoms with Gasteiger partial charge in [-0.15, -0.1) is 0 Å². The average molecular weight is 161 g/mol. The van der Waals surface area contributed by atoms with Gasteiger partial charge in [-0.2, -0.15) is 0 Å². The van der Waals surface area contributed by atoms with E-state index >= 15 is 0 Å². The molecule has 0 saturated heterocycles. The first-order chi connectivity index (χ1) is 5.77. The van der Waals surface area contributed by atoms with Crippen LogP contribution in [0.15, 0.2) is 30.3 Å². The third-order valence-electron chi connectivity index (χ3n) is 2.06. The van der Waals surface area contributed by atoms with Gasteiger partial charge in [0.15, 0.2) is 0 Å². The topological polar surface area (TPSA) is 12.0 Å². The fourth-order valence-corrected chi connectivity index (χ4v) is 1.07. The zero-order valence-electron chi connectivity index (χ0n) is 7.89. The van der Waals surface area contributed by atoms with Crippen molar-refractivity contribution in [3.8, 4) is 0 Å². The van der Waals surface area contributed by atoms with Crippen molar-refractivity contribution in [2.45, 2.75) is 13.8 Å². The van der Waals surface area contributed by atoms with Crippen LogP contribution in [0.3, 0.4) is 0 Å². The van der Waals surface area contributed by atoms with E-state index in [-0.39, 0.29) is 0 Å². The molecule has 1 heteroatoms. The van der Waals surface area contributed by atoms with Crippen molar-refractivity contribution >= 4 is 11.3 Å². The van der Waals surface area contributed by atoms with E-state index in [0.717, 1.165) is 5.69 Å². The molecule has 12 heavy (non-hydrogen) atoms. The van der Waals surface area contributed by atoms with Gasteiger partial charge in [0, 0.05) is 12.7 Å². The molecular formula is C11H15N. The molecule has 1 rings (SSSR count). The largest absolute Gasteiger partial charge is 0.388 e. The molecule has 0 aliphatic rings. The molecule has 0 radical (unpaired) electrons. The van der Waals surface area contributed by atoms with Gasteiger partial charge in [-0.05, 0) is 37.1 Å². The number of allylic oxidation sites excluding steroid dienone is 2. The third kappa shape index (κ3) is 1.88. The van der Waals surface area contributed by atoms with Crippen LogP contribution in [0.5, 0.6) is 0 Å². The molecule has 0 unspecified atom stereocenters.